The summed E-state index contributed by atoms with van der Waals surface area (Å²) >= 11 is 0. The molecule has 1 heterocycles. The van der Waals surface area contributed by atoms with Crippen LogP contribution in [-0.4, -0.2) is 62.2 Å². The van der Waals surface area contributed by atoms with E-state index in [1.165, 1.54) is 65.0 Å². The Morgan fingerprint density at radius 2 is 1.90 bits per heavy atom. The third-order valence-corrected chi connectivity index (χ3v) is 5.32. The Kier molecular flexibility index (Phi) is 5.88. The third-order valence-electron chi connectivity index (χ3n) is 5.32. The van der Waals surface area contributed by atoms with Gasteiger partial charge in [-0.2, -0.15) is 0 Å². The zero-order valence-corrected chi connectivity index (χ0v) is 14.1. The molecule has 1 aliphatic carbocycles. The number of piperazine rings is 1. The van der Waals surface area contributed by atoms with E-state index < -0.39 is 0 Å². The van der Waals surface area contributed by atoms with E-state index in [1.807, 2.05) is 0 Å². The van der Waals surface area contributed by atoms with Crippen molar-refractivity contribution in [1.82, 2.24) is 15.1 Å². The molecule has 2 fully saturated rings. The molecule has 0 aromatic heterocycles. The highest BCUT2D eigenvalue weighted by Gasteiger charge is 2.36. The maximum Gasteiger partial charge on any atom is 0.0192 e. The highest BCUT2D eigenvalue weighted by atomic mass is 15.3. The van der Waals surface area contributed by atoms with E-state index in [0.29, 0.717) is 11.5 Å². The topological polar surface area (TPSA) is 18.5 Å². The maximum absolute atomic E-state index is 3.74. The minimum absolute atomic E-state index is 0.560. The van der Waals surface area contributed by atoms with Crippen LogP contribution in [0.5, 0.6) is 0 Å². The monoisotopic (exact) mass is 281 g/mol. The molecule has 1 unspecified atom stereocenters. The molecule has 0 aromatic rings. The van der Waals surface area contributed by atoms with Crippen molar-refractivity contribution in [1.29, 1.82) is 0 Å². The summed E-state index contributed by atoms with van der Waals surface area (Å²) in [5.74, 6) is 0.761. The summed E-state index contributed by atoms with van der Waals surface area (Å²) < 4.78 is 0. The van der Waals surface area contributed by atoms with Crippen molar-refractivity contribution < 1.29 is 0 Å². The molecule has 3 heteroatoms. The van der Waals surface area contributed by atoms with Crippen LogP contribution in [0.15, 0.2) is 0 Å². The van der Waals surface area contributed by atoms with Gasteiger partial charge in [0.15, 0.2) is 0 Å². The second-order valence-electron chi connectivity index (χ2n) is 7.80. The van der Waals surface area contributed by atoms with Gasteiger partial charge in [-0.25, -0.2) is 0 Å². The molecule has 20 heavy (non-hydrogen) atoms. The second-order valence-corrected chi connectivity index (χ2v) is 7.80. The van der Waals surface area contributed by atoms with E-state index in [-0.39, 0.29) is 0 Å². The lowest BCUT2D eigenvalue weighted by molar-refractivity contribution is 0.0651. The van der Waals surface area contributed by atoms with Crippen LogP contribution in [0.2, 0.25) is 0 Å². The van der Waals surface area contributed by atoms with Crippen molar-refractivity contribution >= 4 is 0 Å². The summed E-state index contributed by atoms with van der Waals surface area (Å²) in [5, 5.41) is 3.74. The fraction of sp³-hybridized carbons (Fsp3) is 1.00. The van der Waals surface area contributed by atoms with Crippen molar-refractivity contribution in [2.75, 3.05) is 46.3 Å². The summed E-state index contributed by atoms with van der Waals surface area (Å²) in [5.41, 5.74) is 0.560. The molecule has 0 radical (unpaired) electrons. The Bertz CT molecular complexity index is 284. The van der Waals surface area contributed by atoms with Crippen LogP contribution in [0.4, 0.5) is 0 Å². The average Bonchev–Trinajstić information content (AvgIpc) is 2.82. The molecule has 0 spiro atoms. The molecule has 0 aromatic carbocycles. The molecular weight excluding hydrogens is 246 g/mol. The number of hydrogen-bond acceptors (Lipinski definition) is 3. The van der Waals surface area contributed by atoms with Gasteiger partial charge in [-0.05, 0) is 44.7 Å². The van der Waals surface area contributed by atoms with E-state index in [4.69, 9.17) is 0 Å². The van der Waals surface area contributed by atoms with Gasteiger partial charge in [0.2, 0.25) is 0 Å². The van der Waals surface area contributed by atoms with Crippen LogP contribution in [0, 0.1) is 11.3 Å². The van der Waals surface area contributed by atoms with Crippen LogP contribution < -0.4 is 5.32 Å². The minimum atomic E-state index is 0.560. The Labute approximate surface area is 126 Å². The molecular formula is C17H35N3. The lowest BCUT2D eigenvalue weighted by Gasteiger charge is -2.42. The van der Waals surface area contributed by atoms with E-state index in [0.717, 1.165) is 5.92 Å². The molecule has 1 N–H and O–H groups in total. The Hall–Kier alpha value is -0.120. The number of likely N-dealkylation sites (N-methyl/N-ethyl adjacent to an activating group) is 1. The van der Waals surface area contributed by atoms with Crippen molar-refractivity contribution in [3.63, 3.8) is 0 Å². The lowest BCUT2D eigenvalue weighted by atomic mass is 9.85. The van der Waals surface area contributed by atoms with Crippen LogP contribution >= 0.6 is 0 Å². The summed E-state index contributed by atoms with van der Waals surface area (Å²) in [7, 11) is 2.26. The molecule has 118 valence electrons. The Balaban J connectivity index is 1.85. The molecule has 1 saturated heterocycles. The zero-order chi connectivity index (χ0) is 14.6. The van der Waals surface area contributed by atoms with Gasteiger partial charge in [0.05, 0.1) is 0 Å². The van der Waals surface area contributed by atoms with Gasteiger partial charge in [-0.1, -0.05) is 26.7 Å². The van der Waals surface area contributed by atoms with Gasteiger partial charge in [0.25, 0.3) is 0 Å². The van der Waals surface area contributed by atoms with E-state index in [9.17, 15) is 0 Å². The average molecular weight is 281 g/mol. The van der Waals surface area contributed by atoms with E-state index in [1.54, 1.807) is 0 Å². The van der Waals surface area contributed by atoms with Crippen molar-refractivity contribution in [2.45, 2.75) is 52.5 Å². The van der Waals surface area contributed by atoms with E-state index >= 15 is 0 Å². The third kappa shape index (κ3) is 4.44. The molecule has 1 atom stereocenters. The van der Waals surface area contributed by atoms with Crippen molar-refractivity contribution in [3.05, 3.63) is 0 Å². The number of hydrogen-bond donors (Lipinski definition) is 1. The highest BCUT2D eigenvalue weighted by Crippen LogP contribution is 2.38. The molecule has 2 aliphatic rings. The van der Waals surface area contributed by atoms with Gasteiger partial charge < -0.3 is 10.2 Å². The Morgan fingerprint density at radius 1 is 1.20 bits per heavy atom. The highest BCUT2D eigenvalue weighted by molar-refractivity contribution is 4.91. The standard InChI is InChI=1S/C17H35N3/c1-15(2)11-18-13-17(7-5-6-8-17)14-20-10-9-19(4)16(3)12-20/h15-16,18H,5-14H2,1-4H3. The minimum Gasteiger partial charge on any atom is -0.316 e. The largest absolute Gasteiger partial charge is 0.316 e. The molecule has 1 aliphatic heterocycles. The summed E-state index contributed by atoms with van der Waals surface area (Å²) in [6, 6.07) is 0.714. The molecule has 2 rings (SSSR count). The number of nitrogens with zero attached hydrogens (tertiary/aromatic N) is 2. The van der Waals surface area contributed by atoms with Crippen molar-refractivity contribution in [3.8, 4) is 0 Å². The predicted molar refractivity (Wildman–Crippen MR) is 87.1 cm³/mol. The molecule has 0 bridgehead atoms. The van der Waals surface area contributed by atoms with Crippen LogP contribution in [-0.2, 0) is 0 Å². The fourth-order valence-electron chi connectivity index (χ4n) is 3.88. The van der Waals surface area contributed by atoms with Gasteiger partial charge in [-0.3, -0.25) is 4.90 Å². The van der Waals surface area contributed by atoms with Gasteiger partial charge in [-0.15, -0.1) is 0 Å². The zero-order valence-electron chi connectivity index (χ0n) is 14.1. The quantitative estimate of drug-likeness (QED) is 0.807. The Morgan fingerprint density at radius 3 is 2.50 bits per heavy atom. The number of rotatable bonds is 6. The van der Waals surface area contributed by atoms with Crippen LogP contribution in [0.3, 0.4) is 0 Å². The maximum atomic E-state index is 3.74. The normalized spacial score (nSPS) is 28.4. The fourth-order valence-corrected chi connectivity index (χ4v) is 3.88. The van der Waals surface area contributed by atoms with Crippen LogP contribution in [0.1, 0.15) is 46.5 Å². The van der Waals surface area contributed by atoms with Gasteiger partial charge >= 0.3 is 0 Å². The number of nitrogens with one attached hydrogen (secondary N) is 1. The first-order chi connectivity index (χ1) is 9.51. The first-order valence-corrected chi connectivity index (χ1v) is 8.64. The smallest absolute Gasteiger partial charge is 0.0192 e. The first-order valence-electron chi connectivity index (χ1n) is 8.64. The van der Waals surface area contributed by atoms with Gasteiger partial charge in [0, 0.05) is 38.8 Å². The van der Waals surface area contributed by atoms with E-state index in [2.05, 4.69) is 42.9 Å². The van der Waals surface area contributed by atoms with Crippen LogP contribution in [0.25, 0.3) is 0 Å². The van der Waals surface area contributed by atoms with Crippen molar-refractivity contribution in [2.24, 2.45) is 11.3 Å². The second kappa shape index (κ2) is 7.24. The first kappa shape index (κ1) is 16.3. The summed E-state index contributed by atoms with van der Waals surface area (Å²) in [6.07, 6.45) is 5.73. The SMILES string of the molecule is CC(C)CNCC1(CN2CCN(C)C(C)C2)CCCC1. The lowest BCUT2D eigenvalue weighted by Crippen LogP contribution is -2.53. The molecule has 0 amide bonds. The predicted octanol–water partition coefficient (Wildman–Crippen LogP) is 2.43. The molecule has 3 nitrogen and oxygen atoms in total. The van der Waals surface area contributed by atoms with Gasteiger partial charge in [0.1, 0.15) is 0 Å². The molecule has 1 saturated carbocycles. The summed E-state index contributed by atoms with van der Waals surface area (Å²) in [6.45, 7) is 14.4. The summed E-state index contributed by atoms with van der Waals surface area (Å²) in [4.78, 5) is 5.22.